The van der Waals surface area contributed by atoms with Gasteiger partial charge in [0.1, 0.15) is 12.4 Å². The van der Waals surface area contributed by atoms with Gasteiger partial charge in [0.2, 0.25) is 5.91 Å². The quantitative estimate of drug-likeness (QED) is 0.789. The summed E-state index contributed by atoms with van der Waals surface area (Å²) in [5, 5.41) is 2.67. The predicted octanol–water partition coefficient (Wildman–Crippen LogP) is 4.50. The number of rotatable bonds is 6. The van der Waals surface area contributed by atoms with Crippen molar-refractivity contribution in [3.05, 3.63) is 62.6 Å². The first kappa shape index (κ1) is 18.5. The Morgan fingerprint density at radius 3 is 2.58 bits per heavy atom. The number of benzene rings is 2. The summed E-state index contributed by atoms with van der Waals surface area (Å²) in [5.41, 5.74) is 5.72. The van der Waals surface area contributed by atoms with Crippen LogP contribution in [0.3, 0.4) is 0 Å². The van der Waals surface area contributed by atoms with Crippen molar-refractivity contribution < 1.29 is 9.53 Å². The molecule has 4 heteroatoms. The topological polar surface area (TPSA) is 38.3 Å². The second-order valence-electron chi connectivity index (χ2n) is 5.91. The van der Waals surface area contributed by atoms with Crippen LogP contribution < -0.4 is 10.1 Å². The fourth-order valence-corrected chi connectivity index (χ4v) is 3.25. The molecule has 2 rings (SSSR count). The molecule has 128 valence electrons. The molecule has 0 saturated carbocycles. The van der Waals surface area contributed by atoms with Crippen LogP contribution >= 0.6 is 15.9 Å². The van der Waals surface area contributed by atoms with Crippen molar-refractivity contribution in [1.29, 1.82) is 0 Å². The molecule has 0 radical (unpaired) electrons. The van der Waals surface area contributed by atoms with Crippen LogP contribution in [-0.2, 0) is 24.2 Å². The highest BCUT2D eigenvalue weighted by molar-refractivity contribution is 9.10. The second-order valence-corrected chi connectivity index (χ2v) is 6.77. The van der Waals surface area contributed by atoms with Gasteiger partial charge in [0.25, 0.3) is 0 Å². The van der Waals surface area contributed by atoms with Crippen molar-refractivity contribution in [2.45, 2.75) is 40.2 Å². The Labute approximate surface area is 152 Å². The molecular formula is C20H24BrNO2. The second kappa shape index (κ2) is 8.34. The maximum atomic E-state index is 11.7. The van der Waals surface area contributed by atoms with Crippen molar-refractivity contribution in [2.24, 2.45) is 0 Å². The maximum absolute atomic E-state index is 11.7. The minimum Gasteiger partial charge on any atom is -0.489 e. The largest absolute Gasteiger partial charge is 0.489 e. The maximum Gasteiger partial charge on any atom is 0.224 e. The first-order valence-corrected chi connectivity index (χ1v) is 8.95. The lowest BCUT2D eigenvalue weighted by Crippen LogP contribution is -2.21. The Kier molecular flexibility index (Phi) is 6.44. The molecule has 0 fully saturated rings. The average Bonchev–Trinajstić information content (AvgIpc) is 2.56. The van der Waals surface area contributed by atoms with Crippen molar-refractivity contribution in [3.8, 4) is 5.75 Å². The summed E-state index contributed by atoms with van der Waals surface area (Å²) in [6, 6.07) is 10.2. The predicted molar refractivity (Wildman–Crippen MR) is 102 cm³/mol. The number of amides is 1. The third kappa shape index (κ3) is 4.38. The van der Waals surface area contributed by atoms with E-state index in [1.54, 1.807) is 7.05 Å². The van der Waals surface area contributed by atoms with E-state index in [0.717, 1.165) is 33.3 Å². The van der Waals surface area contributed by atoms with Crippen LogP contribution in [0.15, 0.2) is 34.8 Å². The number of hydrogen-bond acceptors (Lipinski definition) is 2. The van der Waals surface area contributed by atoms with Gasteiger partial charge in [-0.1, -0.05) is 41.1 Å². The van der Waals surface area contributed by atoms with Gasteiger partial charge in [-0.2, -0.15) is 0 Å². The SMILES string of the molecule is CCc1cc(C)c(OCc2c(Br)cccc2CC(=O)NC)cc1C. The van der Waals surface area contributed by atoms with E-state index in [-0.39, 0.29) is 5.91 Å². The van der Waals surface area contributed by atoms with Crippen LogP contribution in [0.4, 0.5) is 0 Å². The molecule has 0 heterocycles. The minimum atomic E-state index is -0.00586. The van der Waals surface area contributed by atoms with Crippen molar-refractivity contribution in [2.75, 3.05) is 7.05 Å². The molecular weight excluding hydrogens is 366 g/mol. The smallest absolute Gasteiger partial charge is 0.224 e. The van der Waals surface area contributed by atoms with Crippen molar-refractivity contribution in [1.82, 2.24) is 5.32 Å². The highest BCUT2D eigenvalue weighted by Crippen LogP contribution is 2.27. The van der Waals surface area contributed by atoms with E-state index in [9.17, 15) is 4.79 Å². The van der Waals surface area contributed by atoms with Crippen LogP contribution in [0.5, 0.6) is 5.75 Å². The number of ether oxygens (including phenoxy) is 1. The van der Waals surface area contributed by atoms with E-state index >= 15 is 0 Å². The van der Waals surface area contributed by atoms with Crippen molar-refractivity contribution >= 4 is 21.8 Å². The van der Waals surface area contributed by atoms with Gasteiger partial charge in [-0.05, 0) is 54.7 Å². The van der Waals surface area contributed by atoms with Crippen molar-refractivity contribution in [3.63, 3.8) is 0 Å². The molecule has 0 spiro atoms. The van der Waals surface area contributed by atoms with Crippen LogP contribution in [0.2, 0.25) is 0 Å². The summed E-state index contributed by atoms with van der Waals surface area (Å²) in [5.74, 6) is 0.889. The molecule has 2 aromatic rings. The van der Waals surface area contributed by atoms with Gasteiger partial charge in [0, 0.05) is 17.1 Å². The molecule has 0 aliphatic rings. The zero-order valence-electron chi connectivity index (χ0n) is 14.7. The molecule has 0 aromatic heterocycles. The van der Waals surface area contributed by atoms with Crippen LogP contribution in [0.25, 0.3) is 0 Å². The Balaban J connectivity index is 2.23. The summed E-state index contributed by atoms with van der Waals surface area (Å²) >= 11 is 3.58. The first-order chi connectivity index (χ1) is 11.5. The molecule has 0 unspecified atom stereocenters. The van der Waals surface area contributed by atoms with Gasteiger partial charge in [0.05, 0.1) is 6.42 Å². The summed E-state index contributed by atoms with van der Waals surface area (Å²) in [7, 11) is 1.65. The standard InChI is InChI=1S/C20H24BrNO2/c1-5-15-9-14(3)19(10-13(15)2)24-12-17-16(11-20(23)22-4)7-6-8-18(17)21/h6-10H,5,11-12H2,1-4H3,(H,22,23). The van der Waals surface area contributed by atoms with Crippen LogP contribution in [-0.4, -0.2) is 13.0 Å². The highest BCUT2D eigenvalue weighted by atomic mass is 79.9. The number of aryl methyl sites for hydroxylation is 3. The molecule has 0 aliphatic heterocycles. The summed E-state index contributed by atoms with van der Waals surface area (Å²) in [6.07, 6.45) is 1.37. The van der Waals surface area contributed by atoms with E-state index in [4.69, 9.17) is 4.74 Å². The summed E-state index contributed by atoms with van der Waals surface area (Å²) in [4.78, 5) is 11.7. The Hall–Kier alpha value is -1.81. The third-order valence-electron chi connectivity index (χ3n) is 4.23. The normalized spacial score (nSPS) is 10.5. The number of halogens is 1. The van der Waals surface area contributed by atoms with E-state index in [2.05, 4.69) is 54.2 Å². The van der Waals surface area contributed by atoms with E-state index in [1.807, 2.05) is 18.2 Å². The van der Waals surface area contributed by atoms with Gasteiger partial charge in [-0.15, -0.1) is 0 Å². The lowest BCUT2D eigenvalue weighted by molar-refractivity contribution is -0.119. The monoisotopic (exact) mass is 389 g/mol. The van der Waals surface area contributed by atoms with Gasteiger partial charge < -0.3 is 10.1 Å². The lowest BCUT2D eigenvalue weighted by Gasteiger charge is -2.16. The number of carbonyl (C=O) groups is 1. The summed E-state index contributed by atoms with van der Waals surface area (Å²) in [6.45, 7) is 6.77. The van der Waals surface area contributed by atoms with E-state index in [1.165, 1.54) is 11.1 Å². The molecule has 1 N–H and O–H groups in total. The van der Waals surface area contributed by atoms with Crippen LogP contribution in [0.1, 0.15) is 34.7 Å². The highest BCUT2D eigenvalue weighted by Gasteiger charge is 2.12. The minimum absolute atomic E-state index is 0.00586. The Bertz CT molecular complexity index is 741. The molecule has 0 aliphatic carbocycles. The Morgan fingerprint density at radius 1 is 1.17 bits per heavy atom. The van der Waals surface area contributed by atoms with Crippen LogP contribution in [0, 0.1) is 13.8 Å². The molecule has 0 saturated heterocycles. The first-order valence-electron chi connectivity index (χ1n) is 8.16. The lowest BCUT2D eigenvalue weighted by atomic mass is 10.0. The molecule has 3 nitrogen and oxygen atoms in total. The molecule has 2 aromatic carbocycles. The third-order valence-corrected chi connectivity index (χ3v) is 4.98. The number of hydrogen-bond donors (Lipinski definition) is 1. The van der Waals surface area contributed by atoms with E-state index in [0.29, 0.717) is 13.0 Å². The fraction of sp³-hybridized carbons (Fsp3) is 0.350. The molecule has 0 bridgehead atoms. The zero-order valence-corrected chi connectivity index (χ0v) is 16.3. The fourth-order valence-electron chi connectivity index (χ4n) is 2.73. The molecule has 1 amide bonds. The van der Waals surface area contributed by atoms with Gasteiger partial charge in [0.15, 0.2) is 0 Å². The molecule has 0 atom stereocenters. The number of nitrogens with one attached hydrogen (secondary N) is 1. The van der Waals surface area contributed by atoms with E-state index < -0.39 is 0 Å². The Morgan fingerprint density at radius 2 is 1.92 bits per heavy atom. The average molecular weight is 390 g/mol. The van der Waals surface area contributed by atoms with Gasteiger partial charge in [-0.3, -0.25) is 4.79 Å². The van der Waals surface area contributed by atoms with Gasteiger partial charge >= 0.3 is 0 Å². The zero-order chi connectivity index (χ0) is 17.7. The number of likely N-dealkylation sites (N-methyl/N-ethyl adjacent to an activating group) is 1. The molecule has 24 heavy (non-hydrogen) atoms. The van der Waals surface area contributed by atoms with Gasteiger partial charge in [-0.25, -0.2) is 0 Å². The summed E-state index contributed by atoms with van der Waals surface area (Å²) < 4.78 is 7.04. The number of carbonyl (C=O) groups excluding carboxylic acids is 1.